The molecule has 8 heavy (non-hydrogen) atoms. The van der Waals surface area contributed by atoms with Gasteiger partial charge in [0.1, 0.15) is 10.5 Å². The lowest BCUT2D eigenvalue weighted by Crippen LogP contribution is -2.32. The van der Waals surface area contributed by atoms with Gasteiger partial charge in [0.05, 0.1) is 0 Å². The molecule has 0 aromatic carbocycles. The Hall–Kier alpha value is 0.184. The Morgan fingerprint density at radius 3 is 1.88 bits per heavy atom. The van der Waals surface area contributed by atoms with E-state index in [1.165, 1.54) is 0 Å². The van der Waals surface area contributed by atoms with E-state index in [9.17, 15) is 13.2 Å². The molecule has 0 aromatic rings. The molecule has 1 unspecified atom stereocenters. The van der Waals surface area contributed by atoms with Crippen LogP contribution in [0.2, 0.25) is 6.55 Å². The van der Waals surface area contributed by atoms with Crippen LogP contribution < -0.4 is 0 Å². The lowest BCUT2D eigenvalue weighted by atomic mass is 11.5. The molecule has 0 fully saturated rings. The molecule has 0 spiro atoms. The Morgan fingerprint density at radius 1 is 1.50 bits per heavy atom. The zero-order valence-corrected chi connectivity index (χ0v) is 7.77. The Morgan fingerprint density at radius 2 is 1.88 bits per heavy atom. The van der Waals surface area contributed by atoms with Gasteiger partial charge in [-0.3, -0.25) is 0 Å². The van der Waals surface area contributed by atoms with E-state index in [4.69, 9.17) is 0 Å². The Kier molecular flexibility index (Phi) is 2.71. The fourth-order valence-electron chi connectivity index (χ4n) is 0.134. The van der Waals surface area contributed by atoms with Gasteiger partial charge in [-0.15, -0.1) is 0 Å². The van der Waals surface area contributed by atoms with Crippen molar-refractivity contribution in [1.82, 2.24) is 0 Å². The van der Waals surface area contributed by atoms with Crippen LogP contribution in [-0.2, 0) is 4.12 Å². The number of hydrogen-bond donors (Lipinski definition) is 0. The normalized spacial score (nSPS) is 16.5. The highest BCUT2D eigenvalue weighted by Crippen LogP contribution is 2.18. The highest BCUT2D eigenvalue weighted by Gasteiger charge is 2.37. The van der Waals surface area contributed by atoms with Crippen LogP contribution in [0.15, 0.2) is 0 Å². The summed E-state index contributed by atoms with van der Waals surface area (Å²) in [4.78, 5) is 0. The van der Waals surface area contributed by atoms with E-state index in [1.807, 2.05) is 0 Å². The fourth-order valence-corrected chi connectivity index (χ4v) is 1.20. The molecule has 0 aromatic heterocycles. The topological polar surface area (TPSA) is 9.23 Å². The van der Waals surface area contributed by atoms with Crippen LogP contribution in [0.3, 0.4) is 0 Å². The molecule has 1 nitrogen and oxygen atoms in total. The third kappa shape index (κ3) is 2.48. The lowest BCUT2D eigenvalue weighted by Gasteiger charge is -2.10. The molecule has 0 N–H and O–H groups in total. The second-order valence-electron chi connectivity index (χ2n) is 1.42. The molecule has 0 amide bonds. The predicted octanol–water partition coefficient (Wildman–Crippen LogP) is -0.261. The van der Waals surface area contributed by atoms with Gasteiger partial charge in [-0.05, 0) is 6.55 Å². The van der Waals surface area contributed by atoms with Crippen molar-refractivity contribution >= 4 is 19.5 Å². The van der Waals surface area contributed by atoms with E-state index >= 15 is 0 Å². The average molecular weight is 160 g/mol. The van der Waals surface area contributed by atoms with Crippen molar-refractivity contribution in [3.8, 4) is 0 Å². The molecule has 0 aliphatic rings. The van der Waals surface area contributed by atoms with Gasteiger partial charge in [0.2, 0.25) is 0 Å². The molecule has 0 radical (unpaired) electrons. The van der Waals surface area contributed by atoms with Crippen molar-refractivity contribution < 1.29 is 17.3 Å². The van der Waals surface area contributed by atoms with Crippen LogP contribution in [0.4, 0.5) is 13.2 Å². The molecule has 1 atom stereocenters. The average Bonchev–Trinajstić information content (AvgIpc) is 1.62. The first-order valence-corrected chi connectivity index (χ1v) is 5.10. The van der Waals surface area contributed by atoms with Crippen molar-refractivity contribution in [2.45, 2.75) is 12.3 Å². The van der Waals surface area contributed by atoms with Gasteiger partial charge in [0.15, 0.2) is 0 Å². The largest absolute Gasteiger partial charge is 0.460 e. The number of halogens is 3. The lowest BCUT2D eigenvalue weighted by molar-refractivity contribution is -0.0597. The van der Waals surface area contributed by atoms with Gasteiger partial charge in [-0.2, -0.15) is 13.2 Å². The van der Waals surface area contributed by atoms with Crippen molar-refractivity contribution in [2.75, 3.05) is 0 Å². The Labute approximate surface area is 50.1 Å². The SMILES string of the molecule is C[SiH](O[SiH3])C(F)(F)F. The van der Waals surface area contributed by atoms with Gasteiger partial charge >= 0.3 is 5.80 Å². The zero-order chi connectivity index (χ0) is 6.78. The summed E-state index contributed by atoms with van der Waals surface area (Å²) < 4.78 is 38.5. The second-order valence-corrected chi connectivity index (χ2v) is 5.24. The van der Waals surface area contributed by atoms with Gasteiger partial charge < -0.3 is 4.12 Å². The van der Waals surface area contributed by atoms with Crippen LogP contribution in [0.25, 0.3) is 0 Å². The van der Waals surface area contributed by atoms with Crippen LogP contribution in [0.5, 0.6) is 0 Å². The third-order valence-electron chi connectivity index (χ3n) is 0.815. The Balaban J connectivity index is 3.62. The minimum absolute atomic E-state index is 0.195. The van der Waals surface area contributed by atoms with E-state index in [1.54, 1.807) is 0 Å². The molecule has 0 aliphatic carbocycles. The fraction of sp³-hybridized carbons (Fsp3) is 1.00. The van der Waals surface area contributed by atoms with E-state index < -0.39 is 14.8 Å². The van der Waals surface area contributed by atoms with Crippen LogP contribution in [0.1, 0.15) is 0 Å². The van der Waals surface area contributed by atoms with Crippen molar-refractivity contribution in [3.05, 3.63) is 0 Å². The first-order chi connectivity index (χ1) is 3.48. The summed E-state index contributed by atoms with van der Waals surface area (Å²) in [6.45, 7) is 1.13. The molecule has 0 aliphatic heterocycles. The smallest absolute Gasteiger partial charge is 0.384 e. The first-order valence-electron chi connectivity index (χ1n) is 2.08. The summed E-state index contributed by atoms with van der Waals surface area (Å²) in [6, 6.07) is 0. The highest BCUT2D eigenvalue weighted by atomic mass is 28.3. The summed E-state index contributed by atoms with van der Waals surface area (Å²) in [5, 5.41) is 0. The maximum absolute atomic E-state index is 11.4. The van der Waals surface area contributed by atoms with Gasteiger partial charge in [-0.1, -0.05) is 0 Å². The summed E-state index contributed by atoms with van der Waals surface area (Å²) in [5.74, 6) is -4.04. The minimum atomic E-state index is -4.04. The van der Waals surface area contributed by atoms with Crippen LogP contribution >= 0.6 is 0 Å². The third-order valence-corrected chi connectivity index (χ3v) is 4.56. The standard InChI is InChI=1S/C2H7F3OSi2/c1-8(6-7)2(3,4)5/h8H,1,7H3. The summed E-state index contributed by atoms with van der Waals surface area (Å²) in [6.07, 6.45) is 0. The van der Waals surface area contributed by atoms with Gasteiger partial charge in [0.25, 0.3) is 9.04 Å². The quantitative estimate of drug-likeness (QED) is 0.480. The molecule has 0 bridgehead atoms. The van der Waals surface area contributed by atoms with E-state index in [2.05, 4.69) is 4.12 Å². The van der Waals surface area contributed by atoms with Crippen molar-refractivity contribution in [3.63, 3.8) is 0 Å². The van der Waals surface area contributed by atoms with Crippen LogP contribution in [0, 0.1) is 0 Å². The van der Waals surface area contributed by atoms with Gasteiger partial charge in [0, 0.05) is 0 Å². The van der Waals surface area contributed by atoms with E-state index in [-0.39, 0.29) is 10.5 Å². The predicted molar refractivity (Wildman–Crippen MR) is 30.1 cm³/mol. The highest BCUT2D eigenvalue weighted by molar-refractivity contribution is 6.56. The molecule has 0 rings (SSSR count). The van der Waals surface area contributed by atoms with E-state index in [0.29, 0.717) is 0 Å². The maximum atomic E-state index is 11.4. The molecule has 0 saturated heterocycles. The Bertz CT molecular complexity index is 72.2. The molecule has 0 saturated carbocycles. The summed E-state index contributed by atoms with van der Waals surface area (Å²) in [7, 11) is -2.61. The number of rotatable bonds is 1. The minimum Gasteiger partial charge on any atom is -0.460 e. The van der Waals surface area contributed by atoms with Crippen LogP contribution in [-0.4, -0.2) is 25.3 Å². The summed E-state index contributed by atoms with van der Waals surface area (Å²) in [5.41, 5.74) is 0. The monoisotopic (exact) mass is 160 g/mol. The molecular weight excluding hydrogens is 153 g/mol. The zero-order valence-electron chi connectivity index (χ0n) is 4.62. The molecular formula is C2H7F3OSi2. The van der Waals surface area contributed by atoms with E-state index in [0.717, 1.165) is 6.55 Å². The molecule has 0 heterocycles. The maximum Gasteiger partial charge on any atom is 0.384 e. The number of alkyl halides is 3. The van der Waals surface area contributed by atoms with Crippen molar-refractivity contribution in [2.24, 2.45) is 0 Å². The second kappa shape index (κ2) is 2.65. The first kappa shape index (κ1) is 8.18. The van der Waals surface area contributed by atoms with Crippen molar-refractivity contribution in [1.29, 1.82) is 0 Å². The summed E-state index contributed by atoms with van der Waals surface area (Å²) >= 11 is 0. The molecule has 50 valence electrons. The number of hydrogen-bond acceptors (Lipinski definition) is 1. The van der Waals surface area contributed by atoms with Gasteiger partial charge in [-0.25, -0.2) is 0 Å². The molecule has 6 heteroatoms.